The fraction of sp³-hybridized carbons (Fsp3) is 0.278. The number of hydrogen-bond acceptors (Lipinski definition) is 3. The van der Waals surface area contributed by atoms with Crippen molar-refractivity contribution in [3.8, 4) is 0 Å². The van der Waals surface area contributed by atoms with Crippen LogP contribution in [0, 0.1) is 5.82 Å². The largest absolute Gasteiger partial charge is 0.356 e. The highest BCUT2D eigenvalue weighted by atomic mass is 127. The van der Waals surface area contributed by atoms with Gasteiger partial charge in [-0.2, -0.15) is 0 Å². The highest BCUT2D eigenvalue weighted by Crippen LogP contribution is 2.09. The van der Waals surface area contributed by atoms with Crippen molar-refractivity contribution in [2.45, 2.75) is 17.7 Å². The third-order valence-corrected chi connectivity index (χ3v) is 4.76. The normalized spacial score (nSPS) is 11.6. The second-order valence-electron chi connectivity index (χ2n) is 5.71. The number of rotatable bonds is 7. The van der Waals surface area contributed by atoms with Gasteiger partial charge >= 0.3 is 0 Å². The van der Waals surface area contributed by atoms with E-state index in [2.05, 4.69) is 15.6 Å². The van der Waals surface area contributed by atoms with Crippen LogP contribution in [0.25, 0.3) is 0 Å². The summed E-state index contributed by atoms with van der Waals surface area (Å²) >= 11 is 0. The summed E-state index contributed by atoms with van der Waals surface area (Å²) in [5.74, 6) is 0.419. The van der Waals surface area contributed by atoms with Gasteiger partial charge in [0.1, 0.15) is 5.82 Å². The van der Waals surface area contributed by atoms with Gasteiger partial charge in [0, 0.05) is 20.1 Å². The van der Waals surface area contributed by atoms with Gasteiger partial charge in [0.15, 0.2) is 5.96 Å². The Hall–Kier alpha value is -1.72. The molecule has 0 saturated heterocycles. The summed E-state index contributed by atoms with van der Waals surface area (Å²) in [4.78, 5) is 4.22. The summed E-state index contributed by atoms with van der Waals surface area (Å²) in [6.45, 7) is 1.18. The molecule has 0 bridgehead atoms. The lowest BCUT2D eigenvalue weighted by Gasteiger charge is -2.12. The first kappa shape index (κ1) is 23.3. The maximum absolute atomic E-state index is 13.6. The van der Waals surface area contributed by atoms with Crippen molar-refractivity contribution in [1.29, 1.82) is 0 Å². The van der Waals surface area contributed by atoms with Gasteiger partial charge < -0.3 is 10.6 Å². The van der Waals surface area contributed by atoms with Gasteiger partial charge in [0.05, 0.1) is 4.90 Å². The van der Waals surface area contributed by atoms with E-state index in [-0.39, 0.29) is 34.7 Å². The van der Waals surface area contributed by atoms with Gasteiger partial charge in [-0.15, -0.1) is 24.0 Å². The Morgan fingerprint density at radius 3 is 2.19 bits per heavy atom. The summed E-state index contributed by atoms with van der Waals surface area (Å²) in [5, 5.41) is 11.4. The van der Waals surface area contributed by atoms with Crippen LogP contribution in [0.2, 0.25) is 0 Å². The Kier molecular flexibility index (Phi) is 9.67. The van der Waals surface area contributed by atoms with Crippen molar-refractivity contribution in [3.63, 3.8) is 0 Å². The van der Waals surface area contributed by atoms with Gasteiger partial charge in [0.2, 0.25) is 10.0 Å². The molecule has 0 spiro atoms. The zero-order valence-corrected chi connectivity index (χ0v) is 18.1. The van der Waals surface area contributed by atoms with Crippen LogP contribution in [0.5, 0.6) is 0 Å². The van der Waals surface area contributed by atoms with Gasteiger partial charge in [0.25, 0.3) is 0 Å². The lowest BCUT2D eigenvalue weighted by Crippen LogP contribution is -2.39. The molecule has 0 radical (unpaired) electrons. The maximum atomic E-state index is 13.6. The molecule has 0 atom stereocenters. The minimum atomic E-state index is -3.67. The molecule has 0 aliphatic rings. The number of guanidine groups is 1. The number of halogens is 2. The summed E-state index contributed by atoms with van der Waals surface area (Å²) < 4.78 is 36.0. The predicted molar refractivity (Wildman–Crippen MR) is 116 cm³/mol. The molecule has 9 heteroatoms. The number of primary sulfonamides is 1. The summed E-state index contributed by atoms with van der Waals surface area (Å²) in [7, 11) is -2.00. The second-order valence-corrected chi connectivity index (χ2v) is 7.27. The molecule has 4 N–H and O–H groups in total. The first-order valence-corrected chi connectivity index (χ1v) is 9.74. The lowest BCUT2D eigenvalue weighted by atomic mass is 10.1. The number of nitrogens with one attached hydrogen (secondary N) is 2. The molecular weight excluding hydrogens is 482 g/mol. The predicted octanol–water partition coefficient (Wildman–Crippen LogP) is 2.04. The van der Waals surface area contributed by atoms with Gasteiger partial charge in [-0.25, -0.2) is 17.9 Å². The van der Waals surface area contributed by atoms with Crippen LogP contribution < -0.4 is 15.8 Å². The van der Waals surface area contributed by atoms with E-state index >= 15 is 0 Å². The van der Waals surface area contributed by atoms with Crippen LogP contribution in [0.15, 0.2) is 58.4 Å². The Morgan fingerprint density at radius 2 is 1.63 bits per heavy atom. The Balaban J connectivity index is 0.00000364. The number of benzene rings is 2. The molecule has 2 rings (SSSR count). The van der Waals surface area contributed by atoms with E-state index < -0.39 is 10.0 Å². The van der Waals surface area contributed by atoms with Crippen LogP contribution in [-0.2, 0) is 22.9 Å². The standard InChI is InChI=1S/C18H23FN4O2S.HI/c1-21-18(23-13-11-15-4-2-3-5-17(15)19)22-12-10-14-6-8-16(9-7-14)26(20,24)25;/h2-9H,10-13H2,1H3,(H2,20,24,25)(H2,21,22,23);1H. The first-order valence-electron chi connectivity index (χ1n) is 8.20. The highest BCUT2D eigenvalue weighted by molar-refractivity contribution is 14.0. The van der Waals surface area contributed by atoms with Crippen LogP contribution in [0.4, 0.5) is 4.39 Å². The molecule has 0 saturated carbocycles. The average Bonchev–Trinajstić information content (AvgIpc) is 2.61. The maximum Gasteiger partial charge on any atom is 0.238 e. The molecule has 2 aromatic rings. The van der Waals surface area contributed by atoms with Crippen LogP contribution in [-0.4, -0.2) is 34.5 Å². The molecule has 0 heterocycles. The fourth-order valence-electron chi connectivity index (χ4n) is 2.41. The second kappa shape index (κ2) is 11.2. The third kappa shape index (κ3) is 7.81. The topological polar surface area (TPSA) is 96.6 Å². The highest BCUT2D eigenvalue weighted by Gasteiger charge is 2.07. The zero-order valence-electron chi connectivity index (χ0n) is 15.0. The van der Waals surface area contributed by atoms with Crippen LogP contribution in [0.1, 0.15) is 11.1 Å². The fourth-order valence-corrected chi connectivity index (χ4v) is 2.92. The first-order chi connectivity index (χ1) is 12.4. The van der Waals surface area contributed by atoms with Crippen molar-refractivity contribution in [2.24, 2.45) is 10.1 Å². The van der Waals surface area contributed by atoms with E-state index in [0.717, 1.165) is 5.56 Å². The molecule has 148 valence electrons. The Labute approximate surface area is 176 Å². The lowest BCUT2D eigenvalue weighted by molar-refractivity contribution is 0.597. The molecule has 0 amide bonds. The van der Waals surface area contributed by atoms with E-state index in [0.29, 0.717) is 37.5 Å². The molecule has 0 aromatic heterocycles. The summed E-state index contributed by atoms with van der Waals surface area (Å²) in [6, 6.07) is 13.1. The zero-order chi connectivity index (χ0) is 19.0. The van der Waals surface area contributed by atoms with E-state index in [1.54, 1.807) is 31.3 Å². The van der Waals surface area contributed by atoms with Crippen molar-refractivity contribution >= 4 is 40.0 Å². The molecule has 0 fully saturated rings. The van der Waals surface area contributed by atoms with Gasteiger partial charge in [-0.1, -0.05) is 30.3 Å². The monoisotopic (exact) mass is 506 g/mol. The number of hydrogen-bond donors (Lipinski definition) is 3. The minimum absolute atomic E-state index is 0. The van der Waals surface area contributed by atoms with Crippen molar-refractivity contribution in [2.75, 3.05) is 20.1 Å². The Bertz CT molecular complexity index is 858. The van der Waals surface area contributed by atoms with E-state index in [9.17, 15) is 12.8 Å². The summed E-state index contributed by atoms with van der Waals surface area (Å²) in [5.41, 5.74) is 1.64. The molecule has 2 aromatic carbocycles. The third-order valence-electron chi connectivity index (χ3n) is 3.83. The number of nitrogens with zero attached hydrogens (tertiary/aromatic N) is 1. The Morgan fingerprint density at radius 1 is 1.04 bits per heavy atom. The SMILES string of the molecule is CN=C(NCCc1ccc(S(N)(=O)=O)cc1)NCCc1ccccc1F.I. The molecule has 0 unspecified atom stereocenters. The van der Waals surface area contributed by atoms with Gasteiger partial charge in [-0.05, 0) is 42.2 Å². The van der Waals surface area contributed by atoms with E-state index in [1.807, 2.05) is 6.07 Å². The summed E-state index contributed by atoms with van der Waals surface area (Å²) in [6.07, 6.45) is 1.25. The molecule has 6 nitrogen and oxygen atoms in total. The number of nitrogens with two attached hydrogens (primary N) is 1. The van der Waals surface area contributed by atoms with Crippen LogP contribution in [0.3, 0.4) is 0 Å². The average molecular weight is 506 g/mol. The molecule has 0 aliphatic carbocycles. The minimum Gasteiger partial charge on any atom is -0.356 e. The van der Waals surface area contributed by atoms with E-state index in [1.165, 1.54) is 18.2 Å². The smallest absolute Gasteiger partial charge is 0.238 e. The molecule has 27 heavy (non-hydrogen) atoms. The van der Waals surface area contributed by atoms with Gasteiger partial charge in [-0.3, -0.25) is 4.99 Å². The van der Waals surface area contributed by atoms with E-state index in [4.69, 9.17) is 5.14 Å². The quantitative estimate of drug-likeness (QED) is 0.304. The van der Waals surface area contributed by atoms with Crippen molar-refractivity contribution in [3.05, 3.63) is 65.5 Å². The molecular formula is C18H24FIN4O2S. The van der Waals surface area contributed by atoms with Crippen LogP contribution >= 0.6 is 24.0 Å². The van der Waals surface area contributed by atoms with Crippen molar-refractivity contribution in [1.82, 2.24) is 10.6 Å². The number of aliphatic imine (C=N–C) groups is 1. The molecule has 0 aliphatic heterocycles. The number of sulfonamides is 1. The van der Waals surface area contributed by atoms with Crippen molar-refractivity contribution < 1.29 is 12.8 Å².